The van der Waals surface area contributed by atoms with Crippen molar-refractivity contribution in [2.45, 2.75) is 25.7 Å². The number of likely N-dealkylation sites (tertiary alicyclic amines) is 1. The van der Waals surface area contributed by atoms with Gasteiger partial charge in [0.2, 0.25) is 0 Å². The van der Waals surface area contributed by atoms with Gasteiger partial charge >= 0.3 is 0 Å². The Morgan fingerprint density at radius 2 is 1.45 bits per heavy atom. The van der Waals surface area contributed by atoms with Crippen LogP contribution in [0.1, 0.15) is 36.2 Å². The summed E-state index contributed by atoms with van der Waals surface area (Å²) < 4.78 is 1.81. The van der Waals surface area contributed by atoms with Gasteiger partial charge in [-0.3, -0.25) is 4.79 Å². The number of carbonyl (C=O) groups excluding carboxylic acids is 1. The van der Waals surface area contributed by atoms with E-state index in [1.165, 1.54) is 12.8 Å². The molecule has 0 aliphatic carbocycles. The average Bonchev–Trinajstić information content (AvgIpc) is 3.31. The Balaban J connectivity index is 1.38. The summed E-state index contributed by atoms with van der Waals surface area (Å²) in [7, 11) is 0. The molecule has 31 heavy (non-hydrogen) atoms. The highest BCUT2D eigenvalue weighted by Crippen LogP contribution is 2.32. The van der Waals surface area contributed by atoms with Gasteiger partial charge in [-0.05, 0) is 68.8 Å². The summed E-state index contributed by atoms with van der Waals surface area (Å²) in [6.45, 7) is 3.97. The summed E-state index contributed by atoms with van der Waals surface area (Å²) in [5.74, 6) is 1.66. The SMILES string of the molecule is O=C(c1cc(-c2ccccc2)nn1-c1ccccc1)N1CCC(C2CCNCC2)CC1. The van der Waals surface area contributed by atoms with Crippen molar-refractivity contribution < 1.29 is 4.79 Å². The third-order valence-corrected chi connectivity index (χ3v) is 6.88. The number of hydrogen-bond donors (Lipinski definition) is 1. The molecule has 2 saturated heterocycles. The molecule has 2 aliphatic rings. The number of hydrogen-bond acceptors (Lipinski definition) is 3. The maximum absolute atomic E-state index is 13.6. The number of rotatable bonds is 4. The van der Waals surface area contributed by atoms with Gasteiger partial charge in [-0.15, -0.1) is 0 Å². The van der Waals surface area contributed by atoms with Gasteiger partial charge in [-0.25, -0.2) is 4.68 Å². The van der Waals surface area contributed by atoms with Crippen LogP contribution < -0.4 is 5.32 Å². The fourth-order valence-corrected chi connectivity index (χ4v) is 5.10. The number of carbonyl (C=O) groups is 1. The Hall–Kier alpha value is -2.92. The third kappa shape index (κ3) is 4.28. The Kier molecular flexibility index (Phi) is 5.85. The molecule has 3 aromatic rings. The molecular formula is C26H30N4O. The van der Waals surface area contributed by atoms with E-state index in [-0.39, 0.29) is 5.91 Å². The molecule has 0 unspecified atom stereocenters. The molecule has 2 fully saturated rings. The summed E-state index contributed by atoms with van der Waals surface area (Å²) in [5, 5.41) is 8.28. The fourth-order valence-electron chi connectivity index (χ4n) is 5.10. The topological polar surface area (TPSA) is 50.2 Å². The quantitative estimate of drug-likeness (QED) is 0.689. The predicted molar refractivity (Wildman–Crippen MR) is 123 cm³/mol. The lowest BCUT2D eigenvalue weighted by Gasteiger charge is -2.37. The van der Waals surface area contributed by atoms with E-state index >= 15 is 0 Å². The molecule has 5 heteroatoms. The van der Waals surface area contributed by atoms with Gasteiger partial charge in [0, 0.05) is 18.7 Å². The second-order valence-corrected chi connectivity index (χ2v) is 8.75. The molecule has 0 bridgehead atoms. The van der Waals surface area contributed by atoms with Crippen molar-refractivity contribution in [1.82, 2.24) is 20.0 Å². The number of amides is 1. The van der Waals surface area contributed by atoms with Gasteiger partial charge in [-0.1, -0.05) is 48.5 Å². The van der Waals surface area contributed by atoms with Crippen LogP contribution in [-0.4, -0.2) is 46.8 Å². The Morgan fingerprint density at radius 3 is 2.13 bits per heavy atom. The average molecular weight is 415 g/mol. The second kappa shape index (κ2) is 9.06. The lowest BCUT2D eigenvalue weighted by molar-refractivity contribution is 0.0633. The van der Waals surface area contributed by atoms with Gasteiger partial charge in [0.15, 0.2) is 0 Å². The van der Waals surface area contributed by atoms with Crippen LogP contribution in [-0.2, 0) is 0 Å². The van der Waals surface area contributed by atoms with Crippen LogP contribution in [0.2, 0.25) is 0 Å². The molecule has 5 rings (SSSR count). The predicted octanol–water partition coefficient (Wildman–Crippen LogP) is 4.39. The van der Waals surface area contributed by atoms with Crippen molar-refractivity contribution in [1.29, 1.82) is 0 Å². The fraction of sp³-hybridized carbons (Fsp3) is 0.385. The number of aromatic nitrogens is 2. The number of piperidine rings is 2. The van der Waals surface area contributed by atoms with Crippen molar-refractivity contribution >= 4 is 5.91 Å². The third-order valence-electron chi connectivity index (χ3n) is 6.88. The Labute approximate surface area is 184 Å². The van der Waals surface area contributed by atoms with Crippen molar-refractivity contribution in [3.8, 4) is 16.9 Å². The molecule has 3 heterocycles. The summed E-state index contributed by atoms with van der Waals surface area (Å²) in [5.41, 5.74) is 3.41. The Bertz CT molecular complexity index is 1000. The van der Waals surface area contributed by atoms with E-state index in [0.717, 1.165) is 67.8 Å². The zero-order valence-electron chi connectivity index (χ0n) is 17.9. The monoisotopic (exact) mass is 414 g/mol. The van der Waals surface area contributed by atoms with Crippen molar-refractivity contribution in [3.63, 3.8) is 0 Å². The largest absolute Gasteiger partial charge is 0.337 e. The van der Waals surface area contributed by atoms with Crippen LogP contribution in [0.4, 0.5) is 0 Å². The van der Waals surface area contributed by atoms with Gasteiger partial charge in [-0.2, -0.15) is 5.10 Å². The summed E-state index contributed by atoms with van der Waals surface area (Å²) in [6, 6.07) is 22.0. The molecule has 2 aliphatic heterocycles. The van der Waals surface area contributed by atoms with E-state index in [2.05, 4.69) is 5.32 Å². The lowest BCUT2D eigenvalue weighted by atomic mass is 9.79. The lowest BCUT2D eigenvalue weighted by Crippen LogP contribution is -2.42. The molecule has 1 N–H and O–H groups in total. The first-order valence-corrected chi connectivity index (χ1v) is 11.5. The van der Waals surface area contributed by atoms with Gasteiger partial charge < -0.3 is 10.2 Å². The summed E-state index contributed by atoms with van der Waals surface area (Å²) in [4.78, 5) is 15.6. The molecule has 160 valence electrons. The first kappa shape index (κ1) is 20.0. The second-order valence-electron chi connectivity index (χ2n) is 8.75. The van der Waals surface area contributed by atoms with Crippen molar-refractivity contribution in [2.24, 2.45) is 11.8 Å². The highest BCUT2D eigenvalue weighted by molar-refractivity contribution is 5.94. The molecule has 2 aromatic carbocycles. The van der Waals surface area contributed by atoms with Crippen LogP contribution >= 0.6 is 0 Å². The number of benzene rings is 2. The van der Waals surface area contributed by atoms with Gasteiger partial charge in [0.05, 0.1) is 11.4 Å². The minimum atomic E-state index is 0.0855. The zero-order valence-corrected chi connectivity index (χ0v) is 17.9. The molecular weight excluding hydrogens is 384 g/mol. The number of nitrogens with one attached hydrogen (secondary N) is 1. The zero-order chi connectivity index (χ0) is 21.0. The normalized spacial score (nSPS) is 18.3. The van der Waals surface area contributed by atoms with E-state index in [4.69, 9.17) is 5.10 Å². The van der Waals surface area contributed by atoms with Crippen molar-refractivity contribution in [2.75, 3.05) is 26.2 Å². The molecule has 1 amide bonds. The van der Waals surface area contributed by atoms with E-state index in [1.807, 2.05) is 76.3 Å². The van der Waals surface area contributed by atoms with Crippen LogP contribution in [0.15, 0.2) is 66.7 Å². The first-order chi connectivity index (χ1) is 15.3. The maximum Gasteiger partial charge on any atom is 0.272 e. The molecule has 1 aromatic heterocycles. The standard InChI is InChI=1S/C26H30N4O/c31-26(29-17-13-21(14-18-29)20-11-15-27-16-12-20)25-19-24(22-7-3-1-4-8-22)28-30(25)23-9-5-2-6-10-23/h1-10,19-21,27H,11-18H2. The number of para-hydroxylation sites is 1. The molecule has 0 saturated carbocycles. The minimum absolute atomic E-state index is 0.0855. The van der Waals surface area contributed by atoms with E-state index in [9.17, 15) is 4.79 Å². The molecule has 0 spiro atoms. The van der Waals surface area contributed by atoms with Crippen LogP contribution in [0.5, 0.6) is 0 Å². The summed E-state index contributed by atoms with van der Waals surface area (Å²) >= 11 is 0. The molecule has 0 atom stereocenters. The number of nitrogens with zero attached hydrogens (tertiary/aromatic N) is 3. The summed E-state index contributed by atoms with van der Waals surface area (Å²) in [6.07, 6.45) is 4.78. The first-order valence-electron chi connectivity index (χ1n) is 11.5. The maximum atomic E-state index is 13.6. The Morgan fingerprint density at radius 1 is 0.839 bits per heavy atom. The van der Waals surface area contributed by atoms with E-state index < -0.39 is 0 Å². The van der Waals surface area contributed by atoms with Gasteiger partial charge in [0.25, 0.3) is 5.91 Å². The molecule has 5 nitrogen and oxygen atoms in total. The van der Waals surface area contributed by atoms with Crippen molar-refractivity contribution in [3.05, 3.63) is 72.4 Å². The van der Waals surface area contributed by atoms with E-state index in [0.29, 0.717) is 5.69 Å². The van der Waals surface area contributed by atoms with Crippen LogP contribution in [0.3, 0.4) is 0 Å². The van der Waals surface area contributed by atoms with Crippen LogP contribution in [0.25, 0.3) is 16.9 Å². The highest BCUT2D eigenvalue weighted by Gasteiger charge is 2.31. The molecule has 0 radical (unpaired) electrons. The van der Waals surface area contributed by atoms with Crippen LogP contribution in [0, 0.1) is 11.8 Å². The minimum Gasteiger partial charge on any atom is -0.337 e. The highest BCUT2D eigenvalue weighted by atomic mass is 16.2. The van der Waals surface area contributed by atoms with E-state index in [1.54, 1.807) is 0 Å². The smallest absolute Gasteiger partial charge is 0.272 e. The van der Waals surface area contributed by atoms with Gasteiger partial charge in [0.1, 0.15) is 5.69 Å².